The number of hydrogen-bond donors (Lipinski definition) is 0. The van der Waals surface area contributed by atoms with E-state index < -0.39 is 22.6 Å². The fraction of sp³-hybridized carbons (Fsp3) is 0.345. The van der Waals surface area contributed by atoms with Crippen LogP contribution in [0, 0.1) is 0 Å². The van der Waals surface area contributed by atoms with Gasteiger partial charge in [-0.3, -0.25) is 4.90 Å². The Hall–Kier alpha value is -3.58. The molecule has 0 N–H and O–H groups in total. The fourth-order valence-electron chi connectivity index (χ4n) is 4.48. The van der Waals surface area contributed by atoms with E-state index in [0.29, 0.717) is 37.6 Å². The van der Waals surface area contributed by atoms with E-state index in [2.05, 4.69) is 9.64 Å². The summed E-state index contributed by atoms with van der Waals surface area (Å²) in [4.78, 5) is 13.9. The highest BCUT2D eigenvalue weighted by Gasteiger charge is 2.30. The van der Waals surface area contributed by atoms with E-state index in [-0.39, 0.29) is 29.8 Å². The first kappa shape index (κ1) is 30.4. The minimum Gasteiger partial charge on any atom is -0.497 e. The number of alkyl halides is 2. The van der Waals surface area contributed by atoms with Crippen molar-refractivity contribution in [3.05, 3.63) is 89.5 Å². The molecule has 0 saturated carbocycles. The molecule has 1 heterocycles. The molecule has 4 rings (SSSR count). The molecule has 12 heteroatoms. The van der Waals surface area contributed by atoms with Gasteiger partial charge in [-0.2, -0.15) is 13.1 Å². The van der Waals surface area contributed by atoms with Crippen molar-refractivity contribution in [2.75, 3.05) is 46.9 Å². The first-order valence-electron chi connectivity index (χ1n) is 12.9. The Bertz CT molecular complexity index is 1400. The van der Waals surface area contributed by atoms with Crippen molar-refractivity contribution in [2.45, 2.75) is 24.2 Å². The van der Waals surface area contributed by atoms with E-state index in [1.165, 1.54) is 35.7 Å². The number of sulfonamides is 1. The Morgan fingerprint density at radius 1 is 0.902 bits per heavy atom. The van der Waals surface area contributed by atoms with Gasteiger partial charge < -0.3 is 18.9 Å². The standard InChI is InChI=1S/C29H32F2N2O7S/c1-37-25-5-3-4-23(18-25)27(39-20-21-6-8-22(9-7-21)28(34)38-2)19-32-14-16-33(17-15-32)41(35,36)26-12-10-24(11-13-26)40-29(30)31/h3-13,18,27,29H,14-17,19-20H2,1-2H3. The Morgan fingerprint density at radius 3 is 2.20 bits per heavy atom. The minimum absolute atomic E-state index is 0.0170. The Kier molecular flexibility index (Phi) is 10.3. The highest BCUT2D eigenvalue weighted by Crippen LogP contribution is 2.26. The number of esters is 1. The molecule has 0 spiro atoms. The topological polar surface area (TPSA) is 94.6 Å². The summed E-state index contributed by atoms with van der Waals surface area (Å²) in [7, 11) is -0.869. The van der Waals surface area contributed by atoms with Crippen molar-refractivity contribution in [1.82, 2.24) is 9.21 Å². The summed E-state index contributed by atoms with van der Waals surface area (Å²) in [5.41, 5.74) is 2.24. The molecule has 1 fully saturated rings. The summed E-state index contributed by atoms with van der Waals surface area (Å²) in [5, 5.41) is 0. The molecule has 1 unspecified atom stereocenters. The fourth-order valence-corrected chi connectivity index (χ4v) is 5.90. The van der Waals surface area contributed by atoms with Gasteiger partial charge in [0.15, 0.2) is 0 Å². The number of benzene rings is 3. The van der Waals surface area contributed by atoms with Crippen LogP contribution < -0.4 is 9.47 Å². The van der Waals surface area contributed by atoms with Crippen LogP contribution in [-0.2, 0) is 26.1 Å². The molecule has 3 aromatic carbocycles. The summed E-state index contributed by atoms with van der Waals surface area (Å²) in [6.07, 6.45) is -0.337. The Balaban J connectivity index is 1.41. The number of rotatable bonds is 12. The van der Waals surface area contributed by atoms with E-state index in [1.807, 2.05) is 36.4 Å². The monoisotopic (exact) mass is 590 g/mol. The summed E-state index contributed by atoms with van der Waals surface area (Å²) in [6, 6.07) is 19.6. The molecule has 3 aromatic rings. The van der Waals surface area contributed by atoms with Crippen LogP contribution in [0.2, 0.25) is 0 Å². The van der Waals surface area contributed by atoms with E-state index in [9.17, 15) is 22.0 Å². The summed E-state index contributed by atoms with van der Waals surface area (Å²) < 4.78 is 73.3. The van der Waals surface area contributed by atoms with Crippen molar-refractivity contribution in [1.29, 1.82) is 0 Å². The van der Waals surface area contributed by atoms with E-state index in [4.69, 9.17) is 14.2 Å². The zero-order valence-electron chi connectivity index (χ0n) is 22.7. The third kappa shape index (κ3) is 8.00. The third-order valence-electron chi connectivity index (χ3n) is 6.73. The second-order valence-corrected chi connectivity index (χ2v) is 11.3. The number of carbonyl (C=O) groups excluding carboxylic acids is 1. The quantitative estimate of drug-likeness (QED) is 0.288. The lowest BCUT2D eigenvalue weighted by molar-refractivity contribution is -0.0498. The van der Waals surface area contributed by atoms with E-state index in [1.54, 1.807) is 19.2 Å². The van der Waals surface area contributed by atoms with Crippen LogP contribution in [-0.4, -0.2) is 77.1 Å². The van der Waals surface area contributed by atoms with Gasteiger partial charge in [0.25, 0.3) is 0 Å². The van der Waals surface area contributed by atoms with Crippen LogP contribution >= 0.6 is 0 Å². The SMILES string of the molecule is COC(=O)c1ccc(COC(CN2CCN(S(=O)(=O)c3ccc(OC(F)F)cc3)CC2)c2cccc(OC)c2)cc1. The predicted molar refractivity (Wildman–Crippen MR) is 147 cm³/mol. The summed E-state index contributed by atoms with van der Waals surface area (Å²) >= 11 is 0. The number of hydrogen-bond acceptors (Lipinski definition) is 8. The molecule has 0 amide bonds. The molecule has 1 aliphatic heterocycles. The van der Waals surface area contributed by atoms with Crippen molar-refractivity contribution in [2.24, 2.45) is 0 Å². The molecule has 0 bridgehead atoms. The van der Waals surface area contributed by atoms with E-state index in [0.717, 1.165) is 11.1 Å². The van der Waals surface area contributed by atoms with Crippen molar-refractivity contribution in [3.63, 3.8) is 0 Å². The zero-order chi connectivity index (χ0) is 29.4. The van der Waals surface area contributed by atoms with Gasteiger partial charge in [-0.1, -0.05) is 24.3 Å². The maximum Gasteiger partial charge on any atom is 0.387 e. The van der Waals surface area contributed by atoms with Crippen molar-refractivity contribution >= 4 is 16.0 Å². The Labute approximate surface area is 238 Å². The van der Waals surface area contributed by atoms with Crippen LogP contribution in [0.15, 0.2) is 77.7 Å². The molecular weight excluding hydrogens is 558 g/mol. The largest absolute Gasteiger partial charge is 0.497 e. The highest BCUT2D eigenvalue weighted by atomic mass is 32.2. The molecule has 1 atom stereocenters. The number of piperazine rings is 1. The first-order chi connectivity index (χ1) is 19.7. The molecule has 220 valence electrons. The second kappa shape index (κ2) is 13.9. The number of ether oxygens (including phenoxy) is 4. The van der Waals surface area contributed by atoms with Gasteiger partial charge in [0.1, 0.15) is 11.5 Å². The van der Waals surface area contributed by atoms with Crippen molar-refractivity contribution < 1.29 is 40.9 Å². The van der Waals surface area contributed by atoms with Gasteiger partial charge in [0, 0.05) is 32.7 Å². The number of halogens is 2. The van der Waals surface area contributed by atoms with Crippen LogP contribution in [0.4, 0.5) is 8.78 Å². The van der Waals surface area contributed by atoms with E-state index >= 15 is 0 Å². The predicted octanol–water partition coefficient (Wildman–Crippen LogP) is 4.35. The average molecular weight is 591 g/mol. The number of nitrogens with zero attached hydrogens (tertiary/aromatic N) is 2. The van der Waals surface area contributed by atoms with Gasteiger partial charge in [-0.05, 0) is 59.7 Å². The normalized spacial score (nSPS) is 15.4. The number of carbonyl (C=O) groups is 1. The smallest absolute Gasteiger partial charge is 0.387 e. The van der Waals surface area contributed by atoms with Crippen LogP contribution in [0.25, 0.3) is 0 Å². The zero-order valence-corrected chi connectivity index (χ0v) is 23.6. The van der Waals surface area contributed by atoms with Crippen LogP contribution in [0.3, 0.4) is 0 Å². The van der Waals surface area contributed by atoms with Gasteiger partial charge in [-0.25, -0.2) is 13.2 Å². The first-order valence-corrected chi connectivity index (χ1v) is 14.3. The second-order valence-electron chi connectivity index (χ2n) is 9.32. The molecule has 1 aliphatic rings. The lowest BCUT2D eigenvalue weighted by Crippen LogP contribution is -2.49. The number of methoxy groups -OCH3 is 2. The van der Waals surface area contributed by atoms with Gasteiger partial charge >= 0.3 is 12.6 Å². The Morgan fingerprint density at radius 2 is 1.59 bits per heavy atom. The van der Waals surface area contributed by atoms with Crippen LogP contribution in [0.1, 0.15) is 27.6 Å². The lowest BCUT2D eigenvalue weighted by Gasteiger charge is -2.36. The maximum atomic E-state index is 13.1. The van der Waals surface area contributed by atoms with Crippen molar-refractivity contribution in [3.8, 4) is 11.5 Å². The molecule has 0 radical (unpaired) electrons. The lowest BCUT2D eigenvalue weighted by atomic mass is 10.1. The summed E-state index contributed by atoms with van der Waals surface area (Å²) in [6.45, 7) is -0.700. The highest BCUT2D eigenvalue weighted by molar-refractivity contribution is 7.89. The van der Waals surface area contributed by atoms with Gasteiger partial charge in [0.2, 0.25) is 10.0 Å². The summed E-state index contributed by atoms with van der Waals surface area (Å²) in [5.74, 6) is 0.178. The van der Waals surface area contributed by atoms with Crippen LogP contribution in [0.5, 0.6) is 11.5 Å². The molecule has 0 aliphatic carbocycles. The molecule has 41 heavy (non-hydrogen) atoms. The van der Waals surface area contributed by atoms with Gasteiger partial charge in [0.05, 0.1) is 37.4 Å². The molecule has 9 nitrogen and oxygen atoms in total. The van der Waals surface area contributed by atoms with Gasteiger partial charge in [-0.15, -0.1) is 0 Å². The average Bonchev–Trinajstić information content (AvgIpc) is 2.99. The maximum absolute atomic E-state index is 13.1. The molecule has 1 saturated heterocycles. The molecular formula is C29H32F2N2O7S. The molecule has 0 aromatic heterocycles. The minimum atomic E-state index is -3.80. The third-order valence-corrected chi connectivity index (χ3v) is 8.65.